The van der Waals surface area contributed by atoms with Crippen molar-refractivity contribution >= 4 is 0 Å². The molecule has 3 aromatic rings. The zero-order chi connectivity index (χ0) is 14.1. The number of aromatic nitrogens is 2. The fourth-order valence-corrected chi connectivity index (χ4v) is 2.08. The first-order valence-corrected chi connectivity index (χ1v) is 6.01. The van der Waals surface area contributed by atoms with Crippen LogP contribution in [0.4, 0.5) is 0 Å². The lowest BCUT2D eigenvalue weighted by Crippen LogP contribution is -1.81. The minimum Gasteiger partial charge on any atom is -0.508 e. The Bertz CT molecular complexity index is 728. The molecule has 20 heavy (non-hydrogen) atoms. The fourth-order valence-electron chi connectivity index (χ4n) is 2.08. The van der Waals surface area contributed by atoms with E-state index in [1.807, 2.05) is 30.3 Å². The molecule has 0 amide bonds. The molecule has 0 fully saturated rings. The third-order valence-corrected chi connectivity index (χ3v) is 3.00. The van der Waals surface area contributed by atoms with E-state index in [1.165, 1.54) is 0 Å². The number of aromatic hydroxyl groups is 3. The lowest BCUT2D eigenvalue weighted by atomic mass is 10.1. The molecular weight excluding hydrogens is 256 g/mol. The first-order chi connectivity index (χ1) is 9.65. The van der Waals surface area contributed by atoms with E-state index in [0.29, 0.717) is 11.4 Å². The van der Waals surface area contributed by atoms with Gasteiger partial charge in [-0.05, 0) is 6.07 Å². The molecule has 3 rings (SSSR count). The van der Waals surface area contributed by atoms with Crippen LogP contribution in [0.15, 0.2) is 48.5 Å². The van der Waals surface area contributed by atoms with Crippen LogP contribution in [0.3, 0.4) is 0 Å². The summed E-state index contributed by atoms with van der Waals surface area (Å²) in [6.45, 7) is 0. The van der Waals surface area contributed by atoms with Crippen LogP contribution in [-0.2, 0) is 0 Å². The summed E-state index contributed by atoms with van der Waals surface area (Å²) in [5, 5.41) is 35.9. The Morgan fingerprint density at radius 2 is 1.50 bits per heavy atom. The highest BCUT2D eigenvalue weighted by Crippen LogP contribution is 2.40. The highest BCUT2D eigenvalue weighted by atomic mass is 16.3. The molecule has 0 atom stereocenters. The number of nitrogens with one attached hydrogen (secondary N) is 1. The Labute approximate surface area is 114 Å². The Hall–Kier alpha value is -2.95. The van der Waals surface area contributed by atoms with Gasteiger partial charge in [-0.2, -0.15) is 5.10 Å². The molecule has 0 unspecified atom stereocenters. The minimum atomic E-state index is -0.217. The topological polar surface area (TPSA) is 89.4 Å². The van der Waals surface area contributed by atoms with Crippen LogP contribution < -0.4 is 0 Å². The van der Waals surface area contributed by atoms with Gasteiger partial charge in [0.2, 0.25) is 0 Å². The number of rotatable bonds is 2. The van der Waals surface area contributed by atoms with Gasteiger partial charge in [-0.15, -0.1) is 0 Å². The van der Waals surface area contributed by atoms with Crippen LogP contribution in [0.25, 0.3) is 22.5 Å². The Balaban J connectivity index is 2.07. The van der Waals surface area contributed by atoms with E-state index in [4.69, 9.17) is 0 Å². The van der Waals surface area contributed by atoms with Crippen molar-refractivity contribution in [2.24, 2.45) is 0 Å². The highest BCUT2D eigenvalue weighted by molar-refractivity contribution is 5.77. The van der Waals surface area contributed by atoms with Gasteiger partial charge in [0.05, 0.1) is 17.0 Å². The first kappa shape index (κ1) is 12.1. The van der Waals surface area contributed by atoms with Crippen molar-refractivity contribution in [2.75, 3.05) is 0 Å². The molecule has 1 heterocycles. The zero-order valence-corrected chi connectivity index (χ0v) is 10.4. The summed E-state index contributed by atoms with van der Waals surface area (Å²) in [6, 6.07) is 13.6. The fraction of sp³-hybridized carbons (Fsp3) is 0. The second-order valence-corrected chi connectivity index (χ2v) is 4.39. The van der Waals surface area contributed by atoms with Gasteiger partial charge < -0.3 is 15.3 Å². The second kappa shape index (κ2) is 4.62. The predicted octanol–water partition coefficient (Wildman–Crippen LogP) is 2.86. The van der Waals surface area contributed by atoms with Crippen LogP contribution >= 0.6 is 0 Å². The average molecular weight is 268 g/mol. The van der Waals surface area contributed by atoms with E-state index >= 15 is 0 Å². The molecule has 100 valence electrons. The number of phenols is 3. The third-order valence-electron chi connectivity index (χ3n) is 3.00. The summed E-state index contributed by atoms with van der Waals surface area (Å²) in [4.78, 5) is 0. The number of hydrogen-bond donors (Lipinski definition) is 4. The molecule has 0 aliphatic carbocycles. The van der Waals surface area contributed by atoms with Crippen molar-refractivity contribution in [3.8, 4) is 39.8 Å². The summed E-state index contributed by atoms with van der Waals surface area (Å²) >= 11 is 0. The SMILES string of the molecule is Oc1cc(O)c(-c2cc(-c3ccccc3)n[nH]2)c(O)c1. The molecule has 4 N–H and O–H groups in total. The van der Waals surface area contributed by atoms with Crippen molar-refractivity contribution < 1.29 is 15.3 Å². The largest absolute Gasteiger partial charge is 0.508 e. The predicted molar refractivity (Wildman–Crippen MR) is 74.5 cm³/mol. The van der Waals surface area contributed by atoms with E-state index in [0.717, 1.165) is 17.7 Å². The minimum absolute atomic E-state index is 0.202. The normalized spacial score (nSPS) is 10.6. The van der Waals surface area contributed by atoms with Gasteiger partial charge in [-0.3, -0.25) is 5.10 Å². The zero-order valence-electron chi connectivity index (χ0n) is 10.4. The molecule has 0 aliphatic heterocycles. The van der Waals surface area contributed by atoms with Gasteiger partial charge in [0.1, 0.15) is 17.2 Å². The standard InChI is InChI=1S/C15H12N2O3/c18-10-6-13(19)15(14(20)7-10)12-8-11(16-17-12)9-4-2-1-3-5-9/h1-8,18-20H,(H,16,17). The summed E-state index contributed by atoms with van der Waals surface area (Å²) in [6.07, 6.45) is 0. The molecule has 0 spiro atoms. The summed E-state index contributed by atoms with van der Waals surface area (Å²) in [5.74, 6) is -0.636. The van der Waals surface area contributed by atoms with Gasteiger partial charge in [-0.1, -0.05) is 30.3 Å². The van der Waals surface area contributed by atoms with E-state index in [1.54, 1.807) is 6.07 Å². The number of nitrogens with zero attached hydrogens (tertiary/aromatic N) is 1. The van der Waals surface area contributed by atoms with Crippen molar-refractivity contribution in [2.45, 2.75) is 0 Å². The Morgan fingerprint density at radius 3 is 2.15 bits per heavy atom. The van der Waals surface area contributed by atoms with Crippen molar-refractivity contribution in [1.29, 1.82) is 0 Å². The maximum Gasteiger partial charge on any atom is 0.132 e. The molecule has 5 nitrogen and oxygen atoms in total. The van der Waals surface area contributed by atoms with Gasteiger partial charge in [0, 0.05) is 17.7 Å². The van der Waals surface area contributed by atoms with E-state index < -0.39 is 0 Å². The Morgan fingerprint density at radius 1 is 0.850 bits per heavy atom. The summed E-state index contributed by atoms with van der Waals surface area (Å²) in [5.41, 5.74) is 2.30. The van der Waals surface area contributed by atoms with Crippen LogP contribution in [-0.4, -0.2) is 25.5 Å². The van der Waals surface area contributed by atoms with Crippen LogP contribution in [0, 0.1) is 0 Å². The average Bonchev–Trinajstić information content (AvgIpc) is 2.88. The van der Waals surface area contributed by atoms with Gasteiger partial charge in [-0.25, -0.2) is 0 Å². The molecule has 1 aromatic heterocycles. The molecule has 0 saturated carbocycles. The summed E-state index contributed by atoms with van der Waals surface area (Å²) < 4.78 is 0. The molecule has 0 radical (unpaired) electrons. The van der Waals surface area contributed by atoms with Crippen LogP contribution in [0.5, 0.6) is 17.2 Å². The van der Waals surface area contributed by atoms with Gasteiger partial charge >= 0.3 is 0 Å². The lowest BCUT2D eigenvalue weighted by molar-refractivity contribution is 0.430. The molecule has 0 aliphatic rings. The molecule has 5 heteroatoms. The second-order valence-electron chi connectivity index (χ2n) is 4.39. The molecule has 0 bridgehead atoms. The maximum atomic E-state index is 9.84. The monoisotopic (exact) mass is 268 g/mol. The lowest BCUT2D eigenvalue weighted by Gasteiger charge is -2.05. The van der Waals surface area contributed by atoms with Gasteiger partial charge in [0.25, 0.3) is 0 Å². The number of hydrogen-bond acceptors (Lipinski definition) is 4. The third kappa shape index (κ3) is 2.05. The molecule has 2 aromatic carbocycles. The van der Waals surface area contributed by atoms with E-state index in [9.17, 15) is 15.3 Å². The molecular formula is C15H12N2O3. The van der Waals surface area contributed by atoms with Crippen molar-refractivity contribution in [3.05, 3.63) is 48.5 Å². The number of H-pyrrole nitrogens is 1. The van der Waals surface area contributed by atoms with Crippen LogP contribution in [0.2, 0.25) is 0 Å². The van der Waals surface area contributed by atoms with E-state index in [2.05, 4.69) is 10.2 Å². The van der Waals surface area contributed by atoms with Crippen LogP contribution in [0.1, 0.15) is 0 Å². The number of benzene rings is 2. The smallest absolute Gasteiger partial charge is 0.132 e. The van der Waals surface area contributed by atoms with Crippen molar-refractivity contribution in [1.82, 2.24) is 10.2 Å². The molecule has 0 saturated heterocycles. The quantitative estimate of drug-likeness (QED) is 0.575. The Kier molecular flexibility index (Phi) is 2.80. The first-order valence-electron chi connectivity index (χ1n) is 6.01. The maximum absolute atomic E-state index is 9.84. The van der Waals surface area contributed by atoms with Crippen molar-refractivity contribution in [3.63, 3.8) is 0 Å². The number of aromatic amines is 1. The van der Waals surface area contributed by atoms with Gasteiger partial charge in [0.15, 0.2) is 0 Å². The van der Waals surface area contributed by atoms with E-state index in [-0.39, 0.29) is 22.8 Å². The summed E-state index contributed by atoms with van der Waals surface area (Å²) in [7, 11) is 0. The highest BCUT2D eigenvalue weighted by Gasteiger charge is 2.15. The number of phenolic OH excluding ortho intramolecular Hbond substituents is 3.